The molecule has 1 fully saturated rings. The Balaban J connectivity index is 3.20. The summed E-state index contributed by atoms with van der Waals surface area (Å²) in [7, 11) is -2.52. The third-order valence-electron chi connectivity index (χ3n) is 3.92. The van der Waals surface area contributed by atoms with Crippen molar-refractivity contribution in [3.63, 3.8) is 0 Å². The topological polar surface area (TPSA) is 9.72 Å². The van der Waals surface area contributed by atoms with Gasteiger partial charge in [0.2, 0.25) is 0 Å². The maximum atomic E-state index is 3.14. The Morgan fingerprint density at radius 1 is 0.800 bits per heavy atom. The Hall–Kier alpha value is 1.11. The second kappa shape index (κ2) is 6.31. The van der Waals surface area contributed by atoms with Gasteiger partial charge in [-0.05, 0) is 0 Å². The zero-order chi connectivity index (χ0) is 16.0. The minimum absolute atomic E-state index is 0.652. The van der Waals surface area contributed by atoms with E-state index < -0.39 is 37.1 Å². The van der Waals surface area contributed by atoms with Crippen molar-refractivity contribution in [2.24, 2.45) is 0 Å². The zero-order valence-electron chi connectivity index (χ0n) is 15.6. The normalized spacial score (nSPS) is 21.3. The van der Waals surface area contributed by atoms with Crippen molar-refractivity contribution in [3.8, 4) is 0 Å². The van der Waals surface area contributed by atoms with Crippen LogP contribution < -0.4 is 0 Å². The summed E-state index contributed by atoms with van der Waals surface area (Å²) in [5.74, 6) is 0. The van der Waals surface area contributed by atoms with Gasteiger partial charge < -0.3 is 0 Å². The van der Waals surface area contributed by atoms with Gasteiger partial charge in [0.05, 0.1) is 0 Å². The third-order valence-corrected chi connectivity index (χ3v) is 33.7. The summed E-state index contributed by atoms with van der Waals surface area (Å²) < 4.78 is 8.94. The molecule has 0 saturated carbocycles. The second-order valence-corrected chi connectivity index (χ2v) is 27.1. The second-order valence-electron chi connectivity index (χ2n) is 8.61. The first kappa shape index (κ1) is 19.2. The monoisotopic (exact) mass is 422 g/mol. The molecule has 0 unspecified atom stereocenters. The summed E-state index contributed by atoms with van der Waals surface area (Å²) >= 11 is -1.84. The molecule has 1 aliphatic rings. The van der Waals surface area contributed by atoms with E-state index in [2.05, 4.69) is 82.6 Å². The van der Waals surface area contributed by atoms with Crippen molar-refractivity contribution in [1.29, 1.82) is 0 Å². The molecule has 0 aliphatic carbocycles. The van der Waals surface area contributed by atoms with Gasteiger partial charge in [0.1, 0.15) is 0 Å². The molecule has 6 heteroatoms. The summed E-state index contributed by atoms with van der Waals surface area (Å²) in [6, 6.07) is 1.40. The van der Waals surface area contributed by atoms with Gasteiger partial charge in [-0.1, -0.05) is 0 Å². The van der Waals surface area contributed by atoms with Crippen LogP contribution in [0.25, 0.3) is 0 Å². The molecule has 1 saturated heterocycles. The average molecular weight is 421 g/mol. The molecule has 1 rings (SSSR count). The van der Waals surface area contributed by atoms with Gasteiger partial charge in [0.25, 0.3) is 0 Å². The first-order valence-electron chi connectivity index (χ1n) is 8.04. The van der Waals surface area contributed by atoms with E-state index in [4.69, 9.17) is 0 Å². The van der Waals surface area contributed by atoms with Gasteiger partial charge in [0.15, 0.2) is 0 Å². The van der Waals surface area contributed by atoms with E-state index in [1.54, 1.807) is 0 Å². The molecule has 20 heavy (non-hydrogen) atoms. The summed E-state index contributed by atoms with van der Waals surface area (Å²) in [6.07, 6.45) is 0.652. The molecule has 119 valence electrons. The molecule has 0 aromatic carbocycles. The molecule has 3 nitrogen and oxygen atoms in total. The van der Waals surface area contributed by atoms with Crippen LogP contribution in [0.15, 0.2) is 0 Å². The van der Waals surface area contributed by atoms with Crippen molar-refractivity contribution >= 4 is 37.1 Å². The number of hydrogen-bond acceptors (Lipinski definition) is 3. The van der Waals surface area contributed by atoms with Crippen LogP contribution >= 0.6 is 0 Å². The molecule has 1 heterocycles. The fraction of sp³-hybridized carbons (Fsp3) is 1.00. The van der Waals surface area contributed by atoms with Crippen LogP contribution in [-0.2, 0) is 0 Å². The van der Waals surface area contributed by atoms with Crippen LogP contribution in [-0.4, -0.2) is 64.0 Å². The molecular weight excluding hydrogens is 385 g/mol. The standard InChI is InChI=1S/C8H18N2.C6H18NSi2.Sn/c1-6(2)9-8(5)10-7(3)4;1-8(2,3)7-9(4,5)6;/h6-8H,1-5H3;1-6H3;/q-2;-1;+3. The van der Waals surface area contributed by atoms with Crippen molar-refractivity contribution in [2.75, 3.05) is 0 Å². The van der Waals surface area contributed by atoms with Crippen LogP contribution in [0.2, 0.25) is 39.3 Å². The van der Waals surface area contributed by atoms with Crippen molar-refractivity contribution in [3.05, 3.63) is 0 Å². The zero-order valence-corrected chi connectivity index (χ0v) is 20.4. The predicted molar refractivity (Wildman–Crippen MR) is 97.7 cm³/mol. The van der Waals surface area contributed by atoms with Crippen LogP contribution in [0.1, 0.15) is 34.6 Å². The van der Waals surface area contributed by atoms with Gasteiger partial charge in [0, 0.05) is 0 Å². The van der Waals surface area contributed by atoms with Crippen LogP contribution in [0.4, 0.5) is 0 Å². The Labute approximate surface area is 137 Å². The van der Waals surface area contributed by atoms with Crippen LogP contribution in [0.5, 0.6) is 0 Å². The first-order chi connectivity index (χ1) is 8.80. The molecule has 0 spiro atoms. The molecule has 1 radical (unpaired) electrons. The predicted octanol–water partition coefficient (Wildman–Crippen LogP) is 3.72. The SMILES string of the molecule is CC(C)[N]1C(C)[N](C(C)C)[Sn]1[N]([Si](C)(C)C)[Si](C)(C)C. The van der Waals surface area contributed by atoms with E-state index in [1.165, 1.54) is 0 Å². The van der Waals surface area contributed by atoms with Crippen molar-refractivity contribution in [1.82, 2.24) is 8.70 Å². The molecule has 0 atom stereocenters. The number of rotatable bonds is 5. The summed E-state index contributed by atoms with van der Waals surface area (Å²) in [4.78, 5) is 0. The molecule has 0 aromatic rings. The Bertz CT molecular complexity index is 306. The van der Waals surface area contributed by atoms with Gasteiger partial charge in [-0.3, -0.25) is 0 Å². The Morgan fingerprint density at radius 2 is 1.10 bits per heavy atom. The Kier molecular flexibility index (Phi) is 6.05. The van der Waals surface area contributed by atoms with Crippen molar-refractivity contribution in [2.45, 2.75) is 92.2 Å². The summed E-state index contributed by atoms with van der Waals surface area (Å²) in [5, 5.41) is 0. The van der Waals surface area contributed by atoms with E-state index in [0.717, 1.165) is 0 Å². The maximum absolute atomic E-state index is 3.14. The molecular formula is C14H36N3Si2Sn. The van der Waals surface area contributed by atoms with E-state index >= 15 is 0 Å². The van der Waals surface area contributed by atoms with Crippen molar-refractivity contribution < 1.29 is 0 Å². The molecule has 0 bridgehead atoms. The quantitative estimate of drug-likeness (QED) is 0.627. The van der Waals surface area contributed by atoms with E-state index in [-0.39, 0.29) is 0 Å². The van der Waals surface area contributed by atoms with Gasteiger partial charge >= 0.3 is 138 Å². The number of nitrogens with zero attached hydrogens (tertiary/aromatic N) is 3. The fourth-order valence-corrected chi connectivity index (χ4v) is 33.2. The average Bonchev–Trinajstić information content (AvgIpc) is 2.09. The minimum atomic E-state index is -1.84. The van der Waals surface area contributed by atoms with Gasteiger partial charge in [-0.15, -0.1) is 0 Å². The van der Waals surface area contributed by atoms with Gasteiger partial charge in [-0.25, -0.2) is 0 Å². The number of hydrogen-bond donors (Lipinski definition) is 0. The molecule has 0 N–H and O–H groups in total. The van der Waals surface area contributed by atoms with E-state index in [0.29, 0.717) is 18.2 Å². The van der Waals surface area contributed by atoms with Crippen LogP contribution in [0, 0.1) is 0 Å². The molecule has 1 aliphatic heterocycles. The fourth-order valence-electron chi connectivity index (χ4n) is 3.71. The summed E-state index contributed by atoms with van der Waals surface area (Å²) in [5.41, 5.74) is 0. The Morgan fingerprint density at radius 3 is 1.30 bits per heavy atom. The molecule has 0 aromatic heterocycles. The molecule has 0 amide bonds. The van der Waals surface area contributed by atoms with E-state index in [1.807, 2.05) is 0 Å². The van der Waals surface area contributed by atoms with E-state index in [9.17, 15) is 0 Å². The third kappa shape index (κ3) is 3.71. The van der Waals surface area contributed by atoms with Crippen LogP contribution in [0.3, 0.4) is 0 Å². The first-order valence-corrected chi connectivity index (χ1v) is 18.8. The van der Waals surface area contributed by atoms with Gasteiger partial charge in [-0.2, -0.15) is 0 Å². The summed E-state index contributed by atoms with van der Waals surface area (Å²) in [6.45, 7) is 27.3.